The third-order valence-electron chi connectivity index (χ3n) is 3.13. The van der Waals surface area contributed by atoms with Gasteiger partial charge in [0, 0.05) is 5.69 Å². The smallest absolute Gasteiger partial charge is 0.0352 e. The van der Waals surface area contributed by atoms with Crippen LogP contribution in [0.2, 0.25) is 0 Å². The molecule has 0 atom stereocenters. The Kier molecular flexibility index (Phi) is 3.79. The number of nitrogen functional groups attached to an aromatic ring is 1. The fraction of sp³-hybridized carbons (Fsp3) is 0.467. The van der Waals surface area contributed by atoms with E-state index in [-0.39, 0.29) is 5.41 Å². The molecule has 1 nitrogen and oxygen atoms in total. The lowest BCUT2D eigenvalue weighted by molar-refractivity contribution is 0.490. The second-order valence-corrected chi connectivity index (χ2v) is 5.38. The molecule has 0 unspecified atom stereocenters. The Morgan fingerprint density at radius 2 is 1.94 bits per heavy atom. The minimum atomic E-state index is 0.212. The number of hydrogen-bond acceptors (Lipinski definition) is 1. The minimum Gasteiger partial charge on any atom is -0.398 e. The van der Waals surface area contributed by atoms with Crippen LogP contribution in [0, 0.1) is 12.3 Å². The number of aryl methyl sites for hydroxylation is 1. The molecule has 1 aromatic carbocycles. The van der Waals surface area contributed by atoms with Gasteiger partial charge in [-0.05, 0) is 42.9 Å². The summed E-state index contributed by atoms with van der Waals surface area (Å²) >= 11 is 0. The van der Waals surface area contributed by atoms with Crippen LogP contribution in [0.15, 0.2) is 29.8 Å². The molecule has 16 heavy (non-hydrogen) atoms. The molecule has 0 fully saturated rings. The first-order chi connectivity index (χ1) is 7.36. The molecular weight excluding hydrogens is 194 g/mol. The highest BCUT2D eigenvalue weighted by Crippen LogP contribution is 2.30. The van der Waals surface area contributed by atoms with Crippen molar-refractivity contribution in [2.75, 3.05) is 5.73 Å². The molecular formula is C15H23N. The van der Waals surface area contributed by atoms with Crippen molar-refractivity contribution in [2.24, 2.45) is 5.41 Å². The lowest BCUT2D eigenvalue weighted by Gasteiger charge is -2.24. The number of benzene rings is 1. The summed E-state index contributed by atoms with van der Waals surface area (Å²) in [6, 6.07) is 6.13. The minimum absolute atomic E-state index is 0.212. The summed E-state index contributed by atoms with van der Waals surface area (Å²) in [7, 11) is 0. The van der Waals surface area contributed by atoms with Gasteiger partial charge < -0.3 is 5.73 Å². The Morgan fingerprint density at radius 1 is 1.31 bits per heavy atom. The zero-order valence-corrected chi connectivity index (χ0v) is 11.1. The molecule has 1 aromatic rings. The topological polar surface area (TPSA) is 26.0 Å². The Labute approximate surface area is 99.4 Å². The van der Waals surface area contributed by atoms with Crippen molar-refractivity contribution in [2.45, 2.75) is 41.0 Å². The summed E-state index contributed by atoms with van der Waals surface area (Å²) in [4.78, 5) is 0. The monoisotopic (exact) mass is 217 g/mol. The highest BCUT2D eigenvalue weighted by Gasteiger charge is 2.17. The molecule has 0 amide bonds. The molecule has 0 bridgehead atoms. The molecule has 0 aliphatic heterocycles. The summed E-state index contributed by atoms with van der Waals surface area (Å²) in [6.45, 7) is 11.0. The molecule has 0 spiro atoms. The van der Waals surface area contributed by atoms with Crippen LogP contribution >= 0.6 is 0 Å². The van der Waals surface area contributed by atoms with Crippen molar-refractivity contribution in [3.05, 3.63) is 41.0 Å². The van der Waals surface area contributed by atoms with E-state index in [0.29, 0.717) is 0 Å². The largest absolute Gasteiger partial charge is 0.398 e. The number of rotatable bonds is 2. The number of allylic oxidation sites excluding steroid dienone is 2. The molecule has 0 aromatic heterocycles. The third-order valence-corrected chi connectivity index (χ3v) is 3.13. The van der Waals surface area contributed by atoms with Crippen LogP contribution < -0.4 is 5.73 Å². The first-order valence-electron chi connectivity index (χ1n) is 5.86. The highest BCUT2D eigenvalue weighted by atomic mass is 14.6. The first-order valence-corrected chi connectivity index (χ1v) is 5.86. The second-order valence-electron chi connectivity index (χ2n) is 5.38. The van der Waals surface area contributed by atoms with Gasteiger partial charge in [0.05, 0.1) is 0 Å². The lowest BCUT2D eigenvalue weighted by atomic mass is 9.81. The van der Waals surface area contributed by atoms with Crippen molar-refractivity contribution in [1.29, 1.82) is 0 Å². The van der Waals surface area contributed by atoms with E-state index in [1.165, 1.54) is 16.7 Å². The van der Waals surface area contributed by atoms with Gasteiger partial charge in [0.1, 0.15) is 0 Å². The van der Waals surface area contributed by atoms with E-state index in [1.807, 2.05) is 12.1 Å². The van der Waals surface area contributed by atoms with Crippen LogP contribution in [0.4, 0.5) is 5.69 Å². The van der Waals surface area contributed by atoms with Gasteiger partial charge in [0.25, 0.3) is 0 Å². The summed E-state index contributed by atoms with van der Waals surface area (Å²) in [5.74, 6) is 0. The van der Waals surface area contributed by atoms with E-state index in [2.05, 4.69) is 46.8 Å². The molecule has 88 valence electrons. The van der Waals surface area contributed by atoms with Crippen LogP contribution in [0.1, 0.15) is 38.8 Å². The molecule has 0 radical (unpaired) electrons. The van der Waals surface area contributed by atoms with Crippen molar-refractivity contribution in [3.8, 4) is 0 Å². The quantitative estimate of drug-likeness (QED) is 0.585. The van der Waals surface area contributed by atoms with E-state index >= 15 is 0 Å². The Morgan fingerprint density at radius 3 is 2.38 bits per heavy atom. The van der Waals surface area contributed by atoms with E-state index < -0.39 is 0 Å². The zero-order chi connectivity index (χ0) is 12.3. The molecule has 0 saturated carbocycles. The van der Waals surface area contributed by atoms with Gasteiger partial charge in [0.2, 0.25) is 0 Å². The van der Waals surface area contributed by atoms with Crippen molar-refractivity contribution >= 4 is 5.69 Å². The standard InChI is InChI=1S/C15H23N/c1-6-12(15(3,4)5)10-13-11(2)8-7-9-14(13)16/h6-9H,10,16H2,1-5H3. The summed E-state index contributed by atoms with van der Waals surface area (Å²) in [5.41, 5.74) is 11.1. The summed E-state index contributed by atoms with van der Waals surface area (Å²) < 4.78 is 0. The predicted molar refractivity (Wildman–Crippen MR) is 72.5 cm³/mol. The van der Waals surface area contributed by atoms with Gasteiger partial charge in [-0.1, -0.05) is 44.6 Å². The van der Waals surface area contributed by atoms with Crippen LogP contribution in [0.25, 0.3) is 0 Å². The van der Waals surface area contributed by atoms with Gasteiger partial charge >= 0.3 is 0 Å². The van der Waals surface area contributed by atoms with E-state index in [0.717, 1.165) is 12.1 Å². The zero-order valence-electron chi connectivity index (χ0n) is 11.1. The maximum atomic E-state index is 6.04. The predicted octanol–water partition coefficient (Wildman–Crippen LogP) is 4.11. The Hall–Kier alpha value is -1.24. The van der Waals surface area contributed by atoms with Crippen LogP contribution in [-0.2, 0) is 6.42 Å². The van der Waals surface area contributed by atoms with Crippen molar-refractivity contribution in [3.63, 3.8) is 0 Å². The highest BCUT2D eigenvalue weighted by molar-refractivity contribution is 5.52. The SMILES string of the molecule is CC=C(Cc1c(C)cccc1N)C(C)(C)C. The maximum Gasteiger partial charge on any atom is 0.0352 e. The van der Waals surface area contributed by atoms with Gasteiger partial charge in [-0.15, -0.1) is 0 Å². The Bertz CT molecular complexity index is 374. The molecule has 0 saturated heterocycles. The fourth-order valence-corrected chi connectivity index (χ4v) is 1.96. The van der Waals surface area contributed by atoms with Crippen LogP contribution in [0.3, 0.4) is 0 Å². The van der Waals surface area contributed by atoms with E-state index in [9.17, 15) is 0 Å². The second kappa shape index (κ2) is 4.73. The Balaban J connectivity index is 3.05. The van der Waals surface area contributed by atoms with Crippen LogP contribution in [-0.4, -0.2) is 0 Å². The van der Waals surface area contributed by atoms with Crippen molar-refractivity contribution < 1.29 is 0 Å². The van der Waals surface area contributed by atoms with Crippen LogP contribution in [0.5, 0.6) is 0 Å². The maximum absolute atomic E-state index is 6.04. The summed E-state index contributed by atoms with van der Waals surface area (Å²) in [5, 5.41) is 0. The molecule has 0 aliphatic carbocycles. The third kappa shape index (κ3) is 2.88. The van der Waals surface area contributed by atoms with E-state index in [1.54, 1.807) is 0 Å². The molecule has 0 aliphatic rings. The van der Waals surface area contributed by atoms with E-state index in [4.69, 9.17) is 5.73 Å². The lowest BCUT2D eigenvalue weighted by Crippen LogP contribution is -2.13. The van der Waals surface area contributed by atoms with Crippen molar-refractivity contribution in [1.82, 2.24) is 0 Å². The summed E-state index contributed by atoms with van der Waals surface area (Å²) in [6.07, 6.45) is 3.17. The molecule has 0 heterocycles. The fourth-order valence-electron chi connectivity index (χ4n) is 1.96. The molecule has 1 heteroatoms. The normalized spacial score (nSPS) is 12.9. The van der Waals surface area contributed by atoms with Gasteiger partial charge in [-0.2, -0.15) is 0 Å². The van der Waals surface area contributed by atoms with Gasteiger partial charge in [-0.3, -0.25) is 0 Å². The molecule has 1 rings (SSSR count). The number of hydrogen-bond donors (Lipinski definition) is 1. The van der Waals surface area contributed by atoms with Gasteiger partial charge in [0.15, 0.2) is 0 Å². The average molecular weight is 217 g/mol. The van der Waals surface area contributed by atoms with Gasteiger partial charge in [-0.25, -0.2) is 0 Å². The average Bonchev–Trinajstić information content (AvgIpc) is 2.15. The number of nitrogens with two attached hydrogens (primary N) is 1. The number of anilines is 1. The molecule has 2 N–H and O–H groups in total. The first kappa shape index (κ1) is 12.8.